The van der Waals surface area contributed by atoms with E-state index in [4.69, 9.17) is 4.74 Å². The molecule has 5 atom stereocenters. The molecule has 16 heteroatoms. The highest BCUT2D eigenvalue weighted by atomic mass is 16.5. The fourth-order valence-electron chi connectivity index (χ4n) is 5.15. The van der Waals surface area contributed by atoms with Gasteiger partial charge in [-0.25, -0.2) is 4.79 Å². The second kappa shape index (κ2) is 22.2. The smallest absolute Gasteiger partial charge is 0.326 e. The summed E-state index contributed by atoms with van der Waals surface area (Å²) in [5.41, 5.74) is 2.86. The van der Waals surface area contributed by atoms with Gasteiger partial charge in [0.2, 0.25) is 29.5 Å². The summed E-state index contributed by atoms with van der Waals surface area (Å²) in [5, 5.41) is 51.7. The molecule has 0 saturated carbocycles. The minimum atomic E-state index is -1.61. The maximum atomic E-state index is 13.5. The molecule has 0 aromatic heterocycles. The Morgan fingerprint density at radius 1 is 0.679 bits per heavy atom. The summed E-state index contributed by atoms with van der Waals surface area (Å²) in [6.45, 7) is 4.05. The summed E-state index contributed by atoms with van der Waals surface area (Å²) in [6.07, 6.45) is 0.227. The predicted octanol–water partition coefficient (Wildman–Crippen LogP) is 0.278. The first-order valence-corrected chi connectivity index (χ1v) is 17.8. The molecular formula is C40H49N5O11. The van der Waals surface area contributed by atoms with Crippen LogP contribution in [0.2, 0.25) is 0 Å². The number of aromatic hydroxyl groups is 1. The molecule has 0 spiro atoms. The number of nitrogens with one attached hydrogen (secondary N) is 5. The van der Waals surface area contributed by atoms with Crippen LogP contribution in [0.15, 0.2) is 90.5 Å². The van der Waals surface area contributed by atoms with Gasteiger partial charge in [0.1, 0.15) is 48.4 Å². The van der Waals surface area contributed by atoms with E-state index in [1.165, 1.54) is 31.2 Å². The lowest BCUT2D eigenvalue weighted by atomic mass is 10.0. The van der Waals surface area contributed by atoms with Crippen LogP contribution < -0.4 is 31.3 Å². The van der Waals surface area contributed by atoms with Crippen molar-refractivity contribution in [1.82, 2.24) is 26.6 Å². The Kier molecular flexibility index (Phi) is 17.5. The van der Waals surface area contributed by atoms with Crippen molar-refractivity contribution in [2.75, 3.05) is 19.8 Å². The third-order valence-electron chi connectivity index (χ3n) is 8.31. The van der Waals surface area contributed by atoms with Crippen molar-refractivity contribution >= 4 is 35.5 Å². The summed E-state index contributed by atoms with van der Waals surface area (Å²) in [5.74, 6) is -5.14. The number of aliphatic carboxylic acids is 1. The van der Waals surface area contributed by atoms with Crippen molar-refractivity contribution in [3.05, 3.63) is 107 Å². The van der Waals surface area contributed by atoms with Gasteiger partial charge in [0.15, 0.2) is 0 Å². The molecule has 9 N–H and O–H groups in total. The van der Waals surface area contributed by atoms with Crippen molar-refractivity contribution in [2.24, 2.45) is 0 Å². The number of carbonyl (C=O) groups is 6. The van der Waals surface area contributed by atoms with E-state index < -0.39 is 78.9 Å². The fourth-order valence-corrected chi connectivity index (χ4v) is 5.15. The first-order valence-electron chi connectivity index (χ1n) is 17.8. The van der Waals surface area contributed by atoms with Crippen molar-refractivity contribution in [3.63, 3.8) is 0 Å². The summed E-state index contributed by atoms with van der Waals surface area (Å²) < 4.78 is 5.62. The normalized spacial score (nSPS) is 13.4. The average Bonchev–Trinajstić information content (AvgIpc) is 3.16. The van der Waals surface area contributed by atoms with Gasteiger partial charge in [0.05, 0.1) is 13.2 Å². The quantitative estimate of drug-likeness (QED) is 0.0665. The minimum Gasteiger partial charge on any atom is -0.508 e. The van der Waals surface area contributed by atoms with E-state index in [2.05, 4.69) is 26.6 Å². The van der Waals surface area contributed by atoms with E-state index >= 15 is 0 Å². The van der Waals surface area contributed by atoms with Crippen molar-refractivity contribution in [3.8, 4) is 11.5 Å². The van der Waals surface area contributed by atoms with Gasteiger partial charge in [-0.05, 0) is 67.8 Å². The lowest BCUT2D eigenvalue weighted by Gasteiger charge is -2.24. The number of hydrogen-bond acceptors (Lipinski definition) is 10. The molecule has 3 aromatic rings. The third-order valence-corrected chi connectivity index (χ3v) is 8.31. The predicted molar refractivity (Wildman–Crippen MR) is 204 cm³/mol. The van der Waals surface area contributed by atoms with E-state index in [1.54, 1.807) is 54.6 Å². The number of phenolic OH excluding ortho intramolecular Hbond substituents is 1. The molecule has 0 radical (unpaired) electrons. The highest BCUT2D eigenvalue weighted by Crippen LogP contribution is 2.15. The number of benzene rings is 3. The number of hydrogen-bond donors (Lipinski definition) is 9. The monoisotopic (exact) mass is 775 g/mol. The second-order valence-corrected chi connectivity index (χ2v) is 13.2. The highest BCUT2D eigenvalue weighted by molar-refractivity contribution is 5.95. The van der Waals surface area contributed by atoms with Gasteiger partial charge in [0, 0.05) is 19.3 Å². The van der Waals surface area contributed by atoms with Crippen LogP contribution in [-0.2, 0) is 48.0 Å². The Morgan fingerprint density at radius 3 is 1.82 bits per heavy atom. The summed E-state index contributed by atoms with van der Waals surface area (Å²) in [6, 6.07) is 15.6. The third kappa shape index (κ3) is 15.2. The Morgan fingerprint density at radius 2 is 1.23 bits per heavy atom. The molecule has 16 nitrogen and oxygen atoms in total. The topological polar surface area (TPSA) is 253 Å². The Bertz CT molecular complexity index is 1810. The first-order chi connectivity index (χ1) is 26.6. The van der Waals surface area contributed by atoms with Gasteiger partial charge < -0.3 is 51.7 Å². The van der Waals surface area contributed by atoms with Gasteiger partial charge in [-0.15, -0.1) is 0 Å². The second-order valence-electron chi connectivity index (χ2n) is 13.2. The maximum absolute atomic E-state index is 13.5. The van der Waals surface area contributed by atoms with Crippen molar-refractivity contribution < 1.29 is 53.9 Å². The van der Waals surface area contributed by atoms with E-state index in [0.29, 0.717) is 29.0 Å². The number of aliphatic hydroxyl groups is 2. The zero-order chi connectivity index (χ0) is 41.2. The van der Waals surface area contributed by atoms with Crippen molar-refractivity contribution in [1.29, 1.82) is 0 Å². The van der Waals surface area contributed by atoms with Crippen molar-refractivity contribution in [2.45, 2.75) is 70.3 Å². The zero-order valence-corrected chi connectivity index (χ0v) is 31.4. The number of carboxylic acid groups (broad SMARTS) is 1. The van der Waals surface area contributed by atoms with Crippen LogP contribution in [0.4, 0.5) is 0 Å². The highest BCUT2D eigenvalue weighted by Gasteiger charge is 2.30. The van der Waals surface area contributed by atoms with E-state index in [-0.39, 0.29) is 25.0 Å². The number of phenols is 1. The number of aliphatic hydroxyl groups excluding tert-OH is 2. The molecule has 5 amide bonds. The van der Waals surface area contributed by atoms with Crippen LogP contribution in [0.5, 0.6) is 11.5 Å². The van der Waals surface area contributed by atoms with Crippen LogP contribution in [0.1, 0.15) is 37.5 Å². The van der Waals surface area contributed by atoms with Gasteiger partial charge in [-0.2, -0.15) is 0 Å². The molecular weight excluding hydrogens is 726 g/mol. The minimum absolute atomic E-state index is 0.0228. The van der Waals surface area contributed by atoms with Gasteiger partial charge in [-0.1, -0.05) is 60.2 Å². The van der Waals surface area contributed by atoms with Crippen LogP contribution in [0.3, 0.4) is 0 Å². The van der Waals surface area contributed by atoms with Crippen LogP contribution >= 0.6 is 0 Å². The maximum Gasteiger partial charge on any atom is 0.326 e. The molecule has 3 rings (SSSR count). The van der Waals surface area contributed by atoms with E-state index in [9.17, 15) is 49.2 Å². The number of carboxylic acids is 1. The number of amides is 5. The molecule has 0 saturated heterocycles. The number of allylic oxidation sites excluding steroid dienone is 1. The molecule has 56 heavy (non-hydrogen) atoms. The van der Waals surface area contributed by atoms with Crippen LogP contribution in [-0.4, -0.2) is 106 Å². The summed E-state index contributed by atoms with van der Waals surface area (Å²) >= 11 is 0. The molecule has 0 bridgehead atoms. The first kappa shape index (κ1) is 44.1. The Balaban J connectivity index is 1.61. The Hall–Kier alpha value is -6.26. The molecule has 0 aliphatic heterocycles. The molecule has 3 aromatic carbocycles. The molecule has 0 fully saturated rings. The van der Waals surface area contributed by atoms with Gasteiger partial charge in [-0.3, -0.25) is 24.0 Å². The Labute approximate surface area is 324 Å². The fraction of sp³-hybridized carbons (Fsp3) is 0.350. The molecule has 0 aliphatic carbocycles. The molecule has 0 aliphatic rings. The van der Waals surface area contributed by atoms with E-state index in [0.717, 1.165) is 5.57 Å². The van der Waals surface area contributed by atoms with Crippen LogP contribution in [0, 0.1) is 0 Å². The number of ether oxygens (including phenoxy) is 1. The van der Waals surface area contributed by atoms with Gasteiger partial charge >= 0.3 is 5.97 Å². The molecule has 300 valence electrons. The van der Waals surface area contributed by atoms with Crippen LogP contribution in [0.25, 0.3) is 0 Å². The SMILES string of the molecule is CC(C)=CCOc1ccc(C[C@@H](NC(=O)[C@@H](CO)NC(=O)[C@@H](Cc2ccc(O)cc2)NC(=O)CNC(=O)[C@H](C)NC(=O)[C@@H](O)Cc2ccccc2)C(=O)O)cc1. The molecule has 0 unspecified atom stereocenters. The zero-order valence-electron chi connectivity index (χ0n) is 31.4. The van der Waals surface area contributed by atoms with E-state index in [1.807, 2.05) is 19.9 Å². The summed E-state index contributed by atoms with van der Waals surface area (Å²) in [7, 11) is 0. The molecule has 0 heterocycles. The van der Waals surface area contributed by atoms with Gasteiger partial charge in [0.25, 0.3) is 0 Å². The lowest BCUT2D eigenvalue weighted by Crippen LogP contribution is -2.58. The summed E-state index contributed by atoms with van der Waals surface area (Å²) in [4.78, 5) is 76.8. The number of carbonyl (C=O) groups excluding carboxylic acids is 5. The number of rotatable bonds is 21. The standard InChI is InChI=1S/C40H49N5O11/c1-24(2)17-18-56-30-15-11-28(12-16-30)20-32(40(54)55)44-38(52)33(23-46)45-37(51)31(19-27-9-13-29(47)14-10-27)43-35(49)22-41-36(50)25(3)42-39(53)34(48)21-26-7-5-4-6-8-26/h4-17,25,31-34,46-48H,18-23H2,1-3H3,(H,41,50)(H,42,53)(H,43,49)(H,44,52)(H,45,51)(H,54,55)/t25-,31+,32+,33+,34-/m0/s1. The largest absolute Gasteiger partial charge is 0.508 e. The average molecular weight is 776 g/mol. The lowest BCUT2D eigenvalue weighted by molar-refractivity contribution is -0.142.